The fourth-order valence-electron chi connectivity index (χ4n) is 4.95. The second-order valence-electron chi connectivity index (χ2n) is 11.7. The van der Waals surface area contributed by atoms with Crippen molar-refractivity contribution < 1.29 is 26.6 Å². The van der Waals surface area contributed by atoms with Gasteiger partial charge in [-0.05, 0) is 26.2 Å². The van der Waals surface area contributed by atoms with Crippen molar-refractivity contribution in [3.63, 3.8) is 0 Å². The third-order valence-electron chi connectivity index (χ3n) is 7.47. The van der Waals surface area contributed by atoms with Crippen molar-refractivity contribution in [3.05, 3.63) is 0 Å². The average molecular weight is 534 g/mol. The predicted octanol–water partition coefficient (Wildman–Crippen LogP) is 7.41. The van der Waals surface area contributed by atoms with Gasteiger partial charge in [-0.2, -0.15) is 9.48 Å². The summed E-state index contributed by atoms with van der Waals surface area (Å²) >= 11 is 0. The molecule has 3 nitrogen and oxygen atoms in total. The summed E-state index contributed by atoms with van der Waals surface area (Å²) in [6.07, 6.45) is 30.2. The summed E-state index contributed by atoms with van der Waals surface area (Å²) in [6, 6.07) is 0. The van der Waals surface area contributed by atoms with Crippen molar-refractivity contribution in [1.29, 1.82) is 0 Å². The predicted molar refractivity (Wildman–Crippen MR) is 156 cm³/mol. The van der Waals surface area contributed by atoms with Crippen LogP contribution in [0.3, 0.4) is 0 Å². The molecule has 0 aliphatic rings. The van der Waals surface area contributed by atoms with Crippen LogP contribution in [0.5, 0.6) is 0 Å². The van der Waals surface area contributed by atoms with Crippen molar-refractivity contribution in [2.45, 2.75) is 181 Å². The van der Waals surface area contributed by atoms with E-state index in [1.807, 2.05) is 0 Å². The fourth-order valence-corrected chi connectivity index (χ4v) is 4.95. The van der Waals surface area contributed by atoms with Crippen LogP contribution in [-0.4, -0.2) is 44.1 Å². The number of unbranched alkanes of at least 4 members (excludes halogenated alkanes) is 18. The quantitative estimate of drug-likeness (QED) is 0.0591. The van der Waals surface area contributed by atoms with Crippen molar-refractivity contribution in [1.82, 2.24) is 0 Å². The van der Waals surface area contributed by atoms with Crippen LogP contribution in [0, 0.1) is 0 Å². The number of halogens is 1. The molecule has 220 valence electrons. The van der Waals surface area contributed by atoms with Crippen LogP contribution in [0.15, 0.2) is 0 Å². The highest BCUT2D eigenvalue weighted by Gasteiger charge is 2.28. The monoisotopic (exact) mass is 533 g/mol. The van der Waals surface area contributed by atoms with Crippen molar-refractivity contribution in [3.8, 4) is 0 Å². The molecule has 0 radical (unpaired) electrons. The van der Waals surface area contributed by atoms with E-state index in [0.717, 1.165) is 19.6 Å². The first-order chi connectivity index (χ1) is 17.0. The molecular weight excluding hydrogens is 466 g/mol. The highest BCUT2D eigenvalue weighted by Crippen LogP contribution is 2.19. The molecule has 0 N–H and O–H groups in total. The Bertz CT molecular complexity index is 419. The first-order valence-corrected chi connectivity index (χ1v) is 16.1. The minimum Gasteiger partial charge on any atom is -1.00 e. The van der Waals surface area contributed by atoms with Gasteiger partial charge in [-0.3, -0.25) is 0 Å². The molecule has 0 aromatic carbocycles. The number of nitrogens with zero attached hydrogens (tertiary/aromatic N) is 1. The molecule has 0 aromatic heterocycles. The van der Waals surface area contributed by atoms with Gasteiger partial charge in [-0.1, -0.05) is 143 Å². The van der Waals surface area contributed by atoms with E-state index < -0.39 is 0 Å². The van der Waals surface area contributed by atoms with Gasteiger partial charge in [0.05, 0.1) is 20.2 Å². The summed E-state index contributed by atoms with van der Waals surface area (Å²) in [5, 5.41) is 0. The number of ether oxygens (including phenoxy) is 1. The third-order valence-corrected chi connectivity index (χ3v) is 7.47. The Morgan fingerprint density at radius 2 is 0.917 bits per heavy atom. The van der Waals surface area contributed by atoms with Crippen LogP contribution < -0.4 is 12.4 Å². The van der Waals surface area contributed by atoms with E-state index in [1.54, 1.807) is 0 Å². The molecule has 0 heterocycles. The lowest BCUT2D eigenvalue weighted by atomic mass is 10.0. The molecule has 0 saturated heterocycles. The first kappa shape index (κ1) is 38.3. The molecule has 4 heteroatoms. The van der Waals surface area contributed by atoms with Crippen LogP contribution in [0.4, 0.5) is 0 Å². The second kappa shape index (κ2) is 28.2. The topological polar surface area (TPSA) is 18.5 Å². The Kier molecular flexibility index (Phi) is 30.0. The van der Waals surface area contributed by atoms with Crippen LogP contribution >= 0.6 is 0 Å². The lowest BCUT2D eigenvalue weighted by Gasteiger charge is -2.34. The molecule has 36 heavy (non-hydrogen) atoms. The minimum absolute atomic E-state index is 0. The molecule has 2 atom stereocenters. The number of hydrogen-bond acceptors (Lipinski definition) is 2. The van der Waals surface area contributed by atoms with E-state index in [2.05, 4.69) is 41.8 Å². The highest BCUT2D eigenvalue weighted by molar-refractivity contribution is 4.66. The standard InChI is InChI=1S/C32H68NO2.ClH/c1-7-10-13-15-16-17-18-19-20-21-22-23-25-27-30-34-31(4)32(28-26-24-14-11-8-2)35-33(5,6)29-12-9-3;/h31-32H,7-30H2,1-6H3;1H/q+1;/p-1. The summed E-state index contributed by atoms with van der Waals surface area (Å²) in [7, 11) is 4.42. The largest absolute Gasteiger partial charge is 1.00 e. The van der Waals surface area contributed by atoms with Crippen LogP contribution in [-0.2, 0) is 9.57 Å². The Labute approximate surface area is 234 Å². The highest BCUT2D eigenvalue weighted by atomic mass is 35.5. The lowest BCUT2D eigenvalue weighted by molar-refractivity contribution is -1.08. The average Bonchev–Trinajstić information content (AvgIpc) is 2.84. The zero-order chi connectivity index (χ0) is 26.0. The van der Waals surface area contributed by atoms with Gasteiger partial charge in [0.25, 0.3) is 0 Å². The van der Waals surface area contributed by atoms with Crippen LogP contribution in [0.2, 0.25) is 0 Å². The Hall–Kier alpha value is 0.170. The van der Waals surface area contributed by atoms with Crippen molar-refractivity contribution in [2.75, 3.05) is 27.2 Å². The van der Waals surface area contributed by atoms with E-state index >= 15 is 0 Å². The first-order valence-electron chi connectivity index (χ1n) is 16.1. The second-order valence-corrected chi connectivity index (χ2v) is 11.7. The van der Waals surface area contributed by atoms with Crippen molar-refractivity contribution >= 4 is 0 Å². The molecular formula is C32H68ClNO2. The Morgan fingerprint density at radius 3 is 1.36 bits per heavy atom. The number of rotatable bonds is 28. The van der Waals surface area contributed by atoms with Gasteiger partial charge in [-0.25, -0.2) is 0 Å². The molecule has 0 spiro atoms. The van der Waals surface area contributed by atoms with E-state index in [4.69, 9.17) is 9.57 Å². The van der Waals surface area contributed by atoms with Gasteiger partial charge in [0.1, 0.15) is 12.6 Å². The molecule has 0 rings (SSSR count). The van der Waals surface area contributed by atoms with E-state index in [1.165, 1.54) is 135 Å². The van der Waals surface area contributed by atoms with E-state index in [9.17, 15) is 0 Å². The number of hydroxylamine groups is 3. The van der Waals surface area contributed by atoms with Gasteiger partial charge < -0.3 is 17.1 Å². The maximum Gasteiger partial charge on any atom is 0.142 e. The SMILES string of the molecule is CCCCCCCCCCCCCCCCOC(C)C(CCCCCCC)O[N+](C)(C)CCCC.[Cl-]. The summed E-state index contributed by atoms with van der Waals surface area (Å²) in [6.45, 7) is 11.0. The lowest BCUT2D eigenvalue weighted by Crippen LogP contribution is -3.00. The molecule has 0 amide bonds. The molecule has 0 aromatic rings. The van der Waals surface area contributed by atoms with E-state index in [0.29, 0.717) is 4.65 Å². The minimum atomic E-state index is 0. The molecule has 2 unspecified atom stereocenters. The summed E-state index contributed by atoms with van der Waals surface area (Å²) in [5.74, 6) is 0. The van der Waals surface area contributed by atoms with Gasteiger partial charge in [0.2, 0.25) is 0 Å². The Morgan fingerprint density at radius 1 is 0.528 bits per heavy atom. The maximum atomic E-state index is 6.60. The van der Waals surface area contributed by atoms with Crippen LogP contribution in [0.1, 0.15) is 169 Å². The number of hydrogen-bond donors (Lipinski definition) is 0. The molecule has 0 aliphatic carbocycles. The Balaban J connectivity index is 0. The summed E-state index contributed by atoms with van der Waals surface area (Å²) in [4.78, 5) is 6.60. The third kappa shape index (κ3) is 25.8. The van der Waals surface area contributed by atoms with Crippen molar-refractivity contribution in [2.24, 2.45) is 0 Å². The summed E-state index contributed by atoms with van der Waals surface area (Å²) < 4.78 is 6.96. The summed E-state index contributed by atoms with van der Waals surface area (Å²) in [5.41, 5.74) is 0. The molecule has 0 bridgehead atoms. The van der Waals surface area contributed by atoms with Gasteiger partial charge in [-0.15, -0.1) is 0 Å². The molecule has 0 saturated carbocycles. The van der Waals surface area contributed by atoms with Gasteiger partial charge in [0, 0.05) is 6.61 Å². The molecule has 0 aliphatic heterocycles. The van der Waals surface area contributed by atoms with E-state index in [-0.39, 0.29) is 24.6 Å². The molecule has 0 fully saturated rings. The number of quaternary nitrogens is 1. The van der Waals surface area contributed by atoms with Crippen LogP contribution in [0.25, 0.3) is 0 Å². The van der Waals surface area contributed by atoms with Gasteiger partial charge in [0.15, 0.2) is 0 Å². The van der Waals surface area contributed by atoms with Gasteiger partial charge >= 0.3 is 0 Å². The smallest absolute Gasteiger partial charge is 0.142 e. The zero-order valence-electron chi connectivity index (χ0n) is 25.8. The fraction of sp³-hybridized carbons (Fsp3) is 1.00. The zero-order valence-corrected chi connectivity index (χ0v) is 26.5. The normalized spacial score (nSPS) is 13.5. The maximum absolute atomic E-state index is 6.60.